The number of aromatic nitrogens is 1. The Morgan fingerprint density at radius 2 is 1.95 bits per heavy atom. The van der Waals surface area contributed by atoms with E-state index in [0.717, 1.165) is 22.2 Å². The zero-order chi connectivity index (χ0) is 14.3. The lowest BCUT2D eigenvalue weighted by molar-refractivity contribution is 0.464. The van der Waals surface area contributed by atoms with E-state index in [1.54, 1.807) is 0 Å². The molecule has 2 aromatic carbocycles. The molecule has 0 atom stereocenters. The van der Waals surface area contributed by atoms with Gasteiger partial charge in [-0.2, -0.15) is 0 Å². The molecular weight excluding hydrogens is 250 g/mol. The molecule has 3 rings (SSSR count). The highest BCUT2D eigenvalue weighted by molar-refractivity contribution is 5.78. The maximum absolute atomic E-state index is 10.4. The minimum atomic E-state index is 0.251. The molecule has 0 aliphatic rings. The summed E-state index contributed by atoms with van der Waals surface area (Å²) >= 11 is 0. The average molecular weight is 267 g/mol. The van der Waals surface area contributed by atoms with Crippen molar-refractivity contribution in [1.29, 1.82) is 0 Å². The number of rotatable bonds is 2. The summed E-state index contributed by atoms with van der Waals surface area (Å²) in [7, 11) is 0. The van der Waals surface area contributed by atoms with Crippen molar-refractivity contribution in [2.45, 2.75) is 26.7 Å². The lowest BCUT2D eigenvalue weighted by atomic mass is 9.99. The van der Waals surface area contributed by atoms with Crippen LogP contribution in [0.25, 0.3) is 22.6 Å². The maximum Gasteiger partial charge on any atom is 0.231 e. The van der Waals surface area contributed by atoms with E-state index in [1.807, 2.05) is 57.2 Å². The first-order valence-electron chi connectivity index (χ1n) is 6.75. The summed E-state index contributed by atoms with van der Waals surface area (Å²) in [5.74, 6) is 0.970. The molecule has 0 bridgehead atoms. The van der Waals surface area contributed by atoms with Gasteiger partial charge in [0.15, 0.2) is 5.58 Å². The molecule has 1 aromatic heterocycles. The Hall–Kier alpha value is -2.29. The SMILES string of the molecule is Cc1ccc2oc(-c3cccc(C(C)C)c3O)nc2c1. The van der Waals surface area contributed by atoms with Crippen molar-refractivity contribution in [2.24, 2.45) is 0 Å². The number of oxazole rings is 1. The molecule has 0 spiro atoms. The Bertz CT molecular complexity index is 772. The monoisotopic (exact) mass is 267 g/mol. The topological polar surface area (TPSA) is 46.3 Å². The van der Waals surface area contributed by atoms with Gasteiger partial charge in [-0.3, -0.25) is 0 Å². The molecule has 3 aromatic rings. The minimum absolute atomic E-state index is 0.251. The standard InChI is InChI=1S/C17H17NO2/c1-10(2)12-5-4-6-13(16(12)19)17-18-14-9-11(3)7-8-15(14)20-17/h4-10,19H,1-3H3. The third kappa shape index (κ3) is 2.05. The highest BCUT2D eigenvalue weighted by Crippen LogP contribution is 2.36. The van der Waals surface area contributed by atoms with Crippen LogP contribution in [0.2, 0.25) is 0 Å². The lowest BCUT2D eigenvalue weighted by Gasteiger charge is -2.10. The van der Waals surface area contributed by atoms with E-state index in [0.29, 0.717) is 11.5 Å². The van der Waals surface area contributed by atoms with Crippen LogP contribution in [0.15, 0.2) is 40.8 Å². The number of para-hydroxylation sites is 1. The number of hydrogen-bond acceptors (Lipinski definition) is 3. The molecule has 1 N–H and O–H groups in total. The molecule has 0 unspecified atom stereocenters. The third-order valence-electron chi connectivity index (χ3n) is 3.46. The Labute approximate surface area is 117 Å². The number of aromatic hydroxyl groups is 1. The van der Waals surface area contributed by atoms with Crippen LogP contribution in [0.5, 0.6) is 5.75 Å². The lowest BCUT2D eigenvalue weighted by Crippen LogP contribution is -1.90. The smallest absolute Gasteiger partial charge is 0.231 e. The van der Waals surface area contributed by atoms with Crippen molar-refractivity contribution >= 4 is 11.1 Å². The second-order valence-electron chi connectivity index (χ2n) is 5.39. The zero-order valence-electron chi connectivity index (χ0n) is 11.8. The quantitative estimate of drug-likeness (QED) is 0.736. The van der Waals surface area contributed by atoms with Gasteiger partial charge in [0, 0.05) is 0 Å². The van der Waals surface area contributed by atoms with Crippen LogP contribution in [0.4, 0.5) is 0 Å². The normalized spacial score (nSPS) is 11.4. The third-order valence-corrected chi connectivity index (χ3v) is 3.46. The van der Waals surface area contributed by atoms with E-state index in [1.165, 1.54) is 0 Å². The van der Waals surface area contributed by atoms with Gasteiger partial charge in [0.25, 0.3) is 0 Å². The van der Waals surface area contributed by atoms with Crippen LogP contribution < -0.4 is 0 Å². The minimum Gasteiger partial charge on any atom is -0.507 e. The number of nitrogens with zero attached hydrogens (tertiary/aromatic N) is 1. The number of benzene rings is 2. The fraction of sp³-hybridized carbons (Fsp3) is 0.235. The van der Waals surface area contributed by atoms with Gasteiger partial charge in [-0.25, -0.2) is 4.98 Å². The predicted molar refractivity (Wildman–Crippen MR) is 79.9 cm³/mol. The van der Waals surface area contributed by atoms with Gasteiger partial charge in [0.05, 0.1) is 5.56 Å². The summed E-state index contributed by atoms with van der Waals surface area (Å²) in [6.45, 7) is 6.12. The van der Waals surface area contributed by atoms with Crippen LogP contribution in [0.1, 0.15) is 30.9 Å². The van der Waals surface area contributed by atoms with Crippen molar-refractivity contribution in [3.05, 3.63) is 47.5 Å². The van der Waals surface area contributed by atoms with E-state index in [9.17, 15) is 5.11 Å². The van der Waals surface area contributed by atoms with Gasteiger partial charge in [-0.05, 0) is 42.2 Å². The molecule has 3 heteroatoms. The van der Waals surface area contributed by atoms with Crippen LogP contribution in [0, 0.1) is 6.92 Å². The summed E-state index contributed by atoms with van der Waals surface area (Å²) in [4.78, 5) is 4.48. The molecule has 0 aliphatic carbocycles. The summed E-state index contributed by atoms with van der Waals surface area (Å²) in [5, 5.41) is 10.4. The fourth-order valence-electron chi connectivity index (χ4n) is 2.35. The van der Waals surface area contributed by atoms with Crippen LogP contribution in [-0.4, -0.2) is 10.1 Å². The van der Waals surface area contributed by atoms with Crippen molar-refractivity contribution < 1.29 is 9.52 Å². The summed E-state index contributed by atoms with van der Waals surface area (Å²) in [6, 6.07) is 11.6. The number of phenolic OH excluding ortho intramolecular Hbond substituents is 1. The van der Waals surface area contributed by atoms with E-state index in [-0.39, 0.29) is 11.7 Å². The molecule has 0 fully saturated rings. The van der Waals surface area contributed by atoms with E-state index >= 15 is 0 Å². The number of aryl methyl sites for hydroxylation is 1. The molecule has 0 amide bonds. The molecule has 0 saturated carbocycles. The van der Waals surface area contributed by atoms with Gasteiger partial charge in [-0.1, -0.05) is 32.0 Å². The van der Waals surface area contributed by atoms with E-state index in [2.05, 4.69) is 4.98 Å². The summed E-state index contributed by atoms with van der Waals surface area (Å²) in [6.07, 6.45) is 0. The van der Waals surface area contributed by atoms with Crippen LogP contribution in [0.3, 0.4) is 0 Å². The number of fused-ring (bicyclic) bond motifs is 1. The van der Waals surface area contributed by atoms with Gasteiger partial charge >= 0.3 is 0 Å². The van der Waals surface area contributed by atoms with Crippen molar-refractivity contribution in [1.82, 2.24) is 4.98 Å². The first-order chi connectivity index (χ1) is 9.56. The molecule has 0 aliphatic heterocycles. The van der Waals surface area contributed by atoms with Crippen molar-refractivity contribution in [3.8, 4) is 17.2 Å². The highest BCUT2D eigenvalue weighted by atomic mass is 16.3. The van der Waals surface area contributed by atoms with E-state index in [4.69, 9.17) is 4.42 Å². The van der Waals surface area contributed by atoms with Gasteiger partial charge < -0.3 is 9.52 Å². The number of phenols is 1. The highest BCUT2D eigenvalue weighted by Gasteiger charge is 2.16. The molecule has 3 nitrogen and oxygen atoms in total. The van der Waals surface area contributed by atoms with Crippen LogP contribution in [-0.2, 0) is 0 Å². The maximum atomic E-state index is 10.4. The Balaban J connectivity index is 2.18. The molecule has 0 radical (unpaired) electrons. The van der Waals surface area contributed by atoms with Crippen LogP contribution >= 0.6 is 0 Å². The van der Waals surface area contributed by atoms with Crippen molar-refractivity contribution in [3.63, 3.8) is 0 Å². The second kappa shape index (κ2) is 4.67. The summed E-state index contributed by atoms with van der Waals surface area (Å²) in [5.41, 5.74) is 4.23. The first-order valence-corrected chi connectivity index (χ1v) is 6.75. The zero-order valence-corrected chi connectivity index (χ0v) is 11.8. The Kier molecular flexibility index (Phi) is 2.97. The molecule has 0 saturated heterocycles. The molecule has 102 valence electrons. The first kappa shape index (κ1) is 12.7. The average Bonchev–Trinajstić information content (AvgIpc) is 2.81. The summed E-state index contributed by atoms with van der Waals surface area (Å²) < 4.78 is 5.75. The molecule has 1 heterocycles. The fourth-order valence-corrected chi connectivity index (χ4v) is 2.35. The van der Waals surface area contributed by atoms with Gasteiger partial charge in [0.2, 0.25) is 5.89 Å². The van der Waals surface area contributed by atoms with E-state index < -0.39 is 0 Å². The predicted octanol–water partition coefficient (Wildman–Crippen LogP) is 4.63. The van der Waals surface area contributed by atoms with Gasteiger partial charge in [-0.15, -0.1) is 0 Å². The number of hydrogen-bond donors (Lipinski definition) is 1. The second-order valence-corrected chi connectivity index (χ2v) is 5.39. The molecular formula is C17H17NO2. The van der Waals surface area contributed by atoms with Gasteiger partial charge in [0.1, 0.15) is 11.3 Å². The van der Waals surface area contributed by atoms with Crippen molar-refractivity contribution in [2.75, 3.05) is 0 Å². The Morgan fingerprint density at radius 1 is 1.15 bits per heavy atom. The largest absolute Gasteiger partial charge is 0.507 e. The Morgan fingerprint density at radius 3 is 2.70 bits per heavy atom. The molecule has 20 heavy (non-hydrogen) atoms.